The summed E-state index contributed by atoms with van der Waals surface area (Å²) >= 11 is 0. The van der Waals surface area contributed by atoms with Crippen LogP contribution in [0.15, 0.2) is 29.8 Å². The van der Waals surface area contributed by atoms with Crippen molar-refractivity contribution < 1.29 is 19.1 Å². The lowest BCUT2D eigenvalue weighted by atomic mass is 9.87. The minimum absolute atomic E-state index is 0.147. The van der Waals surface area contributed by atoms with E-state index in [0.717, 1.165) is 25.7 Å². The first-order chi connectivity index (χ1) is 13.4. The van der Waals surface area contributed by atoms with Crippen molar-refractivity contribution in [2.24, 2.45) is 5.92 Å². The van der Waals surface area contributed by atoms with Gasteiger partial charge < -0.3 is 14.4 Å². The van der Waals surface area contributed by atoms with Crippen LogP contribution in [0.3, 0.4) is 0 Å². The maximum absolute atomic E-state index is 12.3. The number of benzene rings is 1. The van der Waals surface area contributed by atoms with E-state index in [2.05, 4.69) is 6.92 Å². The van der Waals surface area contributed by atoms with E-state index in [1.165, 1.54) is 6.08 Å². The van der Waals surface area contributed by atoms with Gasteiger partial charge in [-0.2, -0.15) is 5.26 Å². The molecule has 0 bridgehead atoms. The zero-order valence-electron chi connectivity index (χ0n) is 16.8. The predicted molar refractivity (Wildman–Crippen MR) is 106 cm³/mol. The summed E-state index contributed by atoms with van der Waals surface area (Å²) in [4.78, 5) is 26.2. The van der Waals surface area contributed by atoms with Gasteiger partial charge in [-0.15, -0.1) is 0 Å². The maximum atomic E-state index is 12.3. The van der Waals surface area contributed by atoms with Crippen molar-refractivity contribution in [3.63, 3.8) is 0 Å². The third-order valence-corrected chi connectivity index (χ3v) is 5.10. The summed E-state index contributed by atoms with van der Waals surface area (Å²) in [6.07, 6.45) is 5.59. The summed E-state index contributed by atoms with van der Waals surface area (Å²) in [7, 11) is 1.75. The van der Waals surface area contributed by atoms with Crippen LogP contribution in [0.25, 0.3) is 6.08 Å². The molecule has 1 fully saturated rings. The zero-order valence-corrected chi connectivity index (χ0v) is 16.8. The number of carbonyl (C=O) groups excluding carboxylic acids is 2. The van der Waals surface area contributed by atoms with Crippen LogP contribution in [-0.2, 0) is 14.3 Å². The van der Waals surface area contributed by atoms with Gasteiger partial charge >= 0.3 is 5.97 Å². The smallest absolute Gasteiger partial charge is 0.349 e. The van der Waals surface area contributed by atoms with Gasteiger partial charge in [-0.25, -0.2) is 4.79 Å². The highest BCUT2D eigenvalue weighted by molar-refractivity contribution is 5.98. The Balaban J connectivity index is 1.90. The highest BCUT2D eigenvalue weighted by Gasteiger charge is 2.25. The SMILES string of the molecule is CCOc1ccc(/C=C(\C#N)C(=O)OCC(=O)N(C)C2CCC(C)CC2)cc1. The average Bonchev–Trinajstić information content (AvgIpc) is 2.71. The summed E-state index contributed by atoms with van der Waals surface area (Å²) in [5.41, 5.74) is 0.530. The Hall–Kier alpha value is -2.81. The largest absolute Gasteiger partial charge is 0.494 e. The zero-order chi connectivity index (χ0) is 20.5. The number of carbonyl (C=O) groups is 2. The molecule has 1 aliphatic rings. The van der Waals surface area contributed by atoms with Crippen molar-refractivity contribution in [1.29, 1.82) is 5.26 Å². The lowest BCUT2D eigenvalue weighted by Gasteiger charge is -2.33. The van der Waals surface area contributed by atoms with E-state index in [-0.39, 0.29) is 24.1 Å². The molecule has 0 aromatic heterocycles. The normalized spacial score (nSPS) is 19.4. The fourth-order valence-corrected chi connectivity index (χ4v) is 3.27. The number of nitriles is 1. The minimum atomic E-state index is -0.796. The van der Waals surface area contributed by atoms with Gasteiger partial charge in [0.05, 0.1) is 6.61 Å². The predicted octanol–water partition coefficient (Wildman–Crippen LogP) is 3.57. The molecule has 0 spiro atoms. The van der Waals surface area contributed by atoms with Gasteiger partial charge in [0.25, 0.3) is 5.91 Å². The van der Waals surface area contributed by atoms with E-state index in [4.69, 9.17) is 9.47 Å². The van der Waals surface area contributed by atoms with Crippen LogP contribution in [0.2, 0.25) is 0 Å². The van der Waals surface area contributed by atoms with Crippen LogP contribution in [0.5, 0.6) is 5.75 Å². The van der Waals surface area contributed by atoms with Gasteiger partial charge in [-0.05, 0) is 62.3 Å². The second kappa shape index (κ2) is 10.5. The molecule has 1 aromatic rings. The van der Waals surface area contributed by atoms with Gasteiger partial charge in [0.15, 0.2) is 6.61 Å². The monoisotopic (exact) mass is 384 g/mol. The molecule has 0 aliphatic heterocycles. The van der Waals surface area contributed by atoms with Crippen molar-refractivity contribution in [2.45, 2.75) is 45.6 Å². The Kier molecular flexibility index (Phi) is 8.06. The number of esters is 1. The molecule has 0 unspecified atom stereocenters. The molecular formula is C22H28N2O4. The third-order valence-electron chi connectivity index (χ3n) is 5.10. The Morgan fingerprint density at radius 1 is 1.21 bits per heavy atom. The van der Waals surface area contributed by atoms with Crippen LogP contribution in [0.1, 0.15) is 45.1 Å². The van der Waals surface area contributed by atoms with Gasteiger partial charge in [0.2, 0.25) is 0 Å². The molecule has 0 N–H and O–H groups in total. The first kappa shape index (κ1) is 21.5. The van der Waals surface area contributed by atoms with Crippen molar-refractivity contribution in [3.05, 3.63) is 35.4 Å². The lowest BCUT2D eigenvalue weighted by molar-refractivity contribution is -0.149. The minimum Gasteiger partial charge on any atom is -0.494 e. The molecule has 6 heteroatoms. The number of hydrogen-bond donors (Lipinski definition) is 0. The van der Waals surface area contributed by atoms with Crippen molar-refractivity contribution in [3.8, 4) is 11.8 Å². The average molecular weight is 384 g/mol. The molecule has 2 rings (SSSR count). The topological polar surface area (TPSA) is 79.6 Å². The quantitative estimate of drug-likeness (QED) is 0.408. The summed E-state index contributed by atoms with van der Waals surface area (Å²) in [6, 6.07) is 9.06. The molecular weight excluding hydrogens is 356 g/mol. The van der Waals surface area contributed by atoms with Crippen molar-refractivity contribution in [1.82, 2.24) is 4.90 Å². The van der Waals surface area contributed by atoms with Crippen LogP contribution in [-0.4, -0.2) is 43.1 Å². The molecule has 6 nitrogen and oxygen atoms in total. The number of likely N-dealkylation sites (N-methyl/N-ethyl adjacent to an activating group) is 1. The molecule has 1 saturated carbocycles. The summed E-state index contributed by atoms with van der Waals surface area (Å²) in [6.45, 7) is 4.32. The lowest BCUT2D eigenvalue weighted by Crippen LogP contribution is -2.41. The standard InChI is InChI=1S/C22H28N2O4/c1-4-27-20-11-7-17(8-12-20)13-18(14-23)22(26)28-15-21(25)24(3)19-9-5-16(2)6-10-19/h7-8,11-13,16,19H,4-6,9-10,15H2,1-3H3/b18-13+. The highest BCUT2D eigenvalue weighted by Crippen LogP contribution is 2.26. The Morgan fingerprint density at radius 3 is 2.43 bits per heavy atom. The number of amides is 1. The molecule has 0 saturated heterocycles. The van der Waals surface area contributed by atoms with Gasteiger partial charge in [-0.3, -0.25) is 4.79 Å². The second-order valence-corrected chi connectivity index (χ2v) is 7.17. The van der Waals surface area contributed by atoms with Gasteiger partial charge in [0, 0.05) is 13.1 Å². The number of hydrogen-bond acceptors (Lipinski definition) is 5. The fraction of sp³-hybridized carbons (Fsp3) is 0.500. The van der Waals surface area contributed by atoms with Crippen LogP contribution >= 0.6 is 0 Å². The highest BCUT2D eigenvalue weighted by atomic mass is 16.5. The molecule has 1 aromatic carbocycles. The fourth-order valence-electron chi connectivity index (χ4n) is 3.27. The molecule has 1 aliphatic carbocycles. The first-order valence-corrected chi connectivity index (χ1v) is 9.72. The van der Waals surface area contributed by atoms with E-state index in [1.54, 1.807) is 36.2 Å². The summed E-state index contributed by atoms with van der Waals surface area (Å²) in [5.74, 6) is 0.372. The van der Waals surface area contributed by atoms with E-state index < -0.39 is 5.97 Å². The van der Waals surface area contributed by atoms with E-state index in [1.807, 2.05) is 13.0 Å². The second-order valence-electron chi connectivity index (χ2n) is 7.17. The molecule has 1 amide bonds. The summed E-state index contributed by atoms with van der Waals surface area (Å²) < 4.78 is 10.4. The Labute approximate surface area is 166 Å². The third kappa shape index (κ3) is 6.12. The van der Waals surface area contributed by atoms with Crippen LogP contribution < -0.4 is 4.74 Å². The van der Waals surface area contributed by atoms with Crippen molar-refractivity contribution in [2.75, 3.05) is 20.3 Å². The number of rotatable bonds is 7. The first-order valence-electron chi connectivity index (χ1n) is 9.72. The van der Waals surface area contributed by atoms with Crippen molar-refractivity contribution >= 4 is 18.0 Å². The van der Waals surface area contributed by atoms with Crippen LogP contribution in [0.4, 0.5) is 0 Å². The maximum Gasteiger partial charge on any atom is 0.349 e. The Bertz CT molecular complexity index is 741. The van der Waals surface area contributed by atoms with E-state index >= 15 is 0 Å². The van der Waals surface area contributed by atoms with Gasteiger partial charge in [-0.1, -0.05) is 19.1 Å². The molecule has 28 heavy (non-hydrogen) atoms. The van der Waals surface area contributed by atoms with E-state index in [9.17, 15) is 14.9 Å². The molecule has 0 radical (unpaired) electrons. The molecule has 150 valence electrons. The molecule has 0 atom stereocenters. The Morgan fingerprint density at radius 2 is 1.86 bits per heavy atom. The summed E-state index contributed by atoms with van der Waals surface area (Å²) in [5, 5.41) is 9.26. The number of nitrogens with zero attached hydrogens (tertiary/aromatic N) is 2. The van der Waals surface area contributed by atoms with E-state index in [0.29, 0.717) is 23.8 Å². The molecule has 0 heterocycles. The van der Waals surface area contributed by atoms with Crippen LogP contribution in [0, 0.1) is 17.2 Å². The van der Waals surface area contributed by atoms with Gasteiger partial charge in [0.1, 0.15) is 17.4 Å². The number of ether oxygens (including phenoxy) is 2.